The van der Waals surface area contributed by atoms with Crippen LogP contribution in [0.5, 0.6) is 5.75 Å². The van der Waals surface area contributed by atoms with Crippen molar-refractivity contribution < 1.29 is 43.1 Å². The number of halogens is 3. The molecule has 10 heteroatoms. The third kappa shape index (κ3) is 5.29. The summed E-state index contributed by atoms with van der Waals surface area (Å²) < 4.78 is 43.6. The molecule has 3 N–H and O–H groups in total. The fourth-order valence-electron chi connectivity index (χ4n) is 3.50. The lowest BCUT2D eigenvalue weighted by Crippen LogP contribution is -2.60. The molecular weight excluding hydrogens is 450 g/mol. The van der Waals surface area contributed by atoms with Crippen molar-refractivity contribution in [2.45, 2.75) is 43.7 Å². The summed E-state index contributed by atoms with van der Waals surface area (Å²) in [6.45, 7) is 1.42. The molecule has 7 nitrogen and oxygen atoms in total. The molecule has 0 radical (unpaired) electrons. The molecule has 4 atom stereocenters. The van der Waals surface area contributed by atoms with E-state index in [-0.39, 0.29) is 0 Å². The van der Waals surface area contributed by atoms with Crippen LogP contribution >= 0.6 is 11.6 Å². The van der Waals surface area contributed by atoms with Gasteiger partial charge in [-0.15, -0.1) is 0 Å². The first kappa shape index (κ1) is 24.2. The standard InChI is InChI=1S/C22H23ClF2O7/c1-2-30-15-6-3-12(4-7-15)9-14-10-13(5-8-16(14)23)19-18(26)20(27)22(24,25)17(32-19)11-31-21(28)29/h3-8,10,17-20,26-27H,2,9,11H2,1H3,(H,28,29). The smallest absolute Gasteiger partial charge is 0.494 e. The van der Waals surface area contributed by atoms with E-state index in [4.69, 9.17) is 26.2 Å². The zero-order valence-electron chi connectivity index (χ0n) is 17.1. The van der Waals surface area contributed by atoms with Gasteiger partial charge in [-0.05, 0) is 48.2 Å². The summed E-state index contributed by atoms with van der Waals surface area (Å²) in [4.78, 5) is 10.6. The van der Waals surface area contributed by atoms with Gasteiger partial charge in [-0.25, -0.2) is 13.6 Å². The van der Waals surface area contributed by atoms with E-state index in [1.807, 2.05) is 31.2 Å². The maximum atomic E-state index is 14.3. The Kier molecular flexibility index (Phi) is 7.55. The third-order valence-electron chi connectivity index (χ3n) is 5.15. The molecule has 0 spiro atoms. The van der Waals surface area contributed by atoms with Crippen LogP contribution in [0, 0.1) is 0 Å². The van der Waals surface area contributed by atoms with E-state index in [2.05, 4.69) is 4.74 Å². The lowest BCUT2D eigenvalue weighted by Gasteiger charge is -2.42. The molecule has 2 aromatic carbocycles. The summed E-state index contributed by atoms with van der Waals surface area (Å²) in [5.74, 6) is -3.19. The molecule has 1 aliphatic rings. The van der Waals surface area contributed by atoms with Crippen molar-refractivity contribution in [3.05, 3.63) is 64.2 Å². The van der Waals surface area contributed by atoms with Gasteiger partial charge in [-0.2, -0.15) is 0 Å². The van der Waals surface area contributed by atoms with Crippen molar-refractivity contribution >= 4 is 17.8 Å². The quantitative estimate of drug-likeness (QED) is 0.526. The first-order valence-electron chi connectivity index (χ1n) is 9.88. The lowest BCUT2D eigenvalue weighted by atomic mass is 9.89. The summed E-state index contributed by atoms with van der Waals surface area (Å²) >= 11 is 6.31. The Bertz CT molecular complexity index is 938. The fourth-order valence-corrected chi connectivity index (χ4v) is 3.69. The minimum Gasteiger partial charge on any atom is -0.494 e. The van der Waals surface area contributed by atoms with Crippen molar-refractivity contribution in [3.63, 3.8) is 0 Å². The summed E-state index contributed by atoms with van der Waals surface area (Å²) in [7, 11) is 0. The average molecular weight is 473 g/mol. The molecule has 3 rings (SSSR count). The molecule has 1 aliphatic heterocycles. The lowest BCUT2D eigenvalue weighted by molar-refractivity contribution is -0.296. The highest BCUT2D eigenvalue weighted by atomic mass is 35.5. The molecule has 4 unspecified atom stereocenters. The predicted molar refractivity (Wildman–Crippen MR) is 110 cm³/mol. The number of carboxylic acid groups (broad SMARTS) is 1. The van der Waals surface area contributed by atoms with Crippen molar-refractivity contribution in [3.8, 4) is 5.75 Å². The average Bonchev–Trinajstić information content (AvgIpc) is 2.75. The Labute approximate surface area is 188 Å². The van der Waals surface area contributed by atoms with Gasteiger partial charge in [0.05, 0.1) is 6.61 Å². The Balaban J connectivity index is 1.84. The molecule has 0 amide bonds. The van der Waals surface area contributed by atoms with Gasteiger partial charge in [0.2, 0.25) is 0 Å². The first-order valence-corrected chi connectivity index (χ1v) is 10.3. The maximum Gasteiger partial charge on any atom is 0.505 e. The van der Waals surface area contributed by atoms with Crippen LogP contribution in [0.2, 0.25) is 5.02 Å². The van der Waals surface area contributed by atoms with Crippen LogP contribution in [0.1, 0.15) is 29.7 Å². The highest BCUT2D eigenvalue weighted by Gasteiger charge is 2.58. The summed E-state index contributed by atoms with van der Waals surface area (Å²) in [5, 5.41) is 29.3. The van der Waals surface area contributed by atoms with E-state index >= 15 is 0 Å². The Morgan fingerprint density at radius 1 is 1.19 bits per heavy atom. The molecule has 1 saturated heterocycles. The number of aliphatic hydroxyl groups excluding tert-OH is 2. The van der Waals surface area contributed by atoms with Gasteiger partial charge in [0.15, 0.2) is 6.10 Å². The summed E-state index contributed by atoms with van der Waals surface area (Å²) in [6.07, 6.45) is -9.20. The normalized spacial score (nSPS) is 24.7. The minimum atomic E-state index is -3.91. The van der Waals surface area contributed by atoms with Crippen LogP contribution < -0.4 is 4.74 Å². The van der Waals surface area contributed by atoms with Crippen LogP contribution in [0.15, 0.2) is 42.5 Å². The van der Waals surface area contributed by atoms with Gasteiger partial charge in [0.25, 0.3) is 0 Å². The van der Waals surface area contributed by atoms with Gasteiger partial charge in [-0.1, -0.05) is 35.9 Å². The highest BCUT2D eigenvalue weighted by molar-refractivity contribution is 6.31. The first-order chi connectivity index (χ1) is 15.1. The predicted octanol–water partition coefficient (Wildman–Crippen LogP) is 3.82. The van der Waals surface area contributed by atoms with Gasteiger partial charge >= 0.3 is 12.1 Å². The number of hydrogen-bond acceptors (Lipinski definition) is 6. The van der Waals surface area contributed by atoms with Gasteiger partial charge in [0, 0.05) is 5.02 Å². The topological polar surface area (TPSA) is 105 Å². The summed E-state index contributed by atoms with van der Waals surface area (Å²) in [6, 6.07) is 12.0. The number of alkyl halides is 2. The number of benzene rings is 2. The van der Waals surface area contributed by atoms with E-state index in [1.54, 1.807) is 12.1 Å². The molecule has 1 fully saturated rings. The number of ether oxygens (including phenoxy) is 3. The van der Waals surface area contributed by atoms with Crippen LogP contribution in [-0.2, 0) is 15.9 Å². The van der Waals surface area contributed by atoms with E-state index in [1.165, 1.54) is 6.07 Å². The molecule has 2 aromatic rings. The van der Waals surface area contributed by atoms with Crippen molar-refractivity contribution in [1.29, 1.82) is 0 Å². The second-order valence-corrected chi connectivity index (χ2v) is 7.74. The van der Waals surface area contributed by atoms with E-state index in [0.717, 1.165) is 11.3 Å². The van der Waals surface area contributed by atoms with E-state index in [0.29, 0.717) is 29.2 Å². The molecule has 32 heavy (non-hydrogen) atoms. The van der Waals surface area contributed by atoms with E-state index < -0.39 is 43.1 Å². The van der Waals surface area contributed by atoms with Crippen molar-refractivity contribution in [2.75, 3.05) is 13.2 Å². The monoisotopic (exact) mass is 472 g/mol. The van der Waals surface area contributed by atoms with Crippen LogP contribution in [0.4, 0.5) is 13.6 Å². The maximum absolute atomic E-state index is 14.3. The highest BCUT2D eigenvalue weighted by Crippen LogP contribution is 2.41. The number of hydrogen-bond donors (Lipinski definition) is 3. The Morgan fingerprint density at radius 3 is 2.50 bits per heavy atom. The Hall–Kier alpha value is -2.46. The molecule has 0 saturated carbocycles. The number of rotatable bonds is 7. The molecule has 0 bridgehead atoms. The molecular formula is C22H23ClF2O7. The molecule has 0 aromatic heterocycles. The second kappa shape index (κ2) is 9.99. The van der Waals surface area contributed by atoms with Crippen molar-refractivity contribution in [2.24, 2.45) is 0 Å². The van der Waals surface area contributed by atoms with Gasteiger partial charge < -0.3 is 29.5 Å². The van der Waals surface area contributed by atoms with E-state index in [9.17, 15) is 23.8 Å². The molecule has 0 aliphatic carbocycles. The van der Waals surface area contributed by atoms with Gasteiger partial charge in [0.1, 0.15) is 30.7 Å². The number of aliphatic hydroxyl groups is 2. The number of carbonyl (C=O) groups is 1. The molecule has 174 valence electrons. The van der Waals surface area contributed by atoms with Crippen LogP contribution in [0.3, 0.4) is 0 Å². The molecule has 1 heterocycles. The Morgan fingerprint density at radius 2 is 1.88 bits per heavy atom. The summed E-state index contributed by atoms with van der Waals surface area (Å²) in [5.41, 5.74) is 1.86. The zero-order valence-corrected chi connectivity index (χ0v) is 17.8. The fraction of sp³-hybridized carbons (Fsp3) is 0.409. The van der Waals surface area contributed by atoms with Crippen LogP contribution in [0.25, 0.3) is 0 Å². The van der Waals surface area contributed by atoms with Gasteiger partial charge in [-0.3, -0.25) is 0 Å². The van der Waals surface area contributed by atoms with Crippen molar-refractivity contribution in [1.82, 2.24) is 0 Å². The van der Waals surface area contributed by atoms with Crippen LogP contribution in [-0.4, -0.2) is 58.9 Å². The zero-order chi connectivity index (χ0) is 23.5. The third-order valence-corrected chi connectivity index (χ3v) is 5.52. The minimum absolute atomic E-state index is 0.303. The second-order valence-electron chi connectivity index (χ2n) is 7.34. The SMILES string of the molecule is CCOc1ccc(Cc2cc(C3OC(COC(=O)O)C(F)(F)C(O)C3O)ccc2Cl)cc1. The largest absolute Gasteiger partial charge is 0.505 e.